The molecule has 0 unspecified atom stereocenters. The van der Waals surface area contributed by atoms with Crippen LogP contribution in [0, 0.1) is 0 Å². The summed E-state index contributed by atoms with van der Waals surface area (Å²) in [6.45, 7) is 5.62. The Hall–Kier alpha value is 0.251. The zero-order valence-corrected chi connectivity index (χ0v) is 14.2. The van der Waals surface area contributed by atoms with E-state index in [0.717, 1.165) is 0 Å². The summed E-state index contributed by atoms with van der Waals surface area (Å²) >= 11 is 0. The van der Waals surface area contributed by atoms with E-state index in [0.29, 0.717) is 0 Å². The van der Waals surface area contributed by atoms with E-state index in [1.54, 1.807) is 0 Å². The van der Waals surface area contributed by atoms with Crippen molar-refractivity contribution >= 4 is 72.0 Å². The Labute approximate surface area is 133 Å². The van der Waals surface area contributed by atoms with Crippen molar-refractivity contribution in [2.24, 2.45) is 0 Å². The first-order chi connectivity index (χ1) is 6.25. The Balaban J connectivity index is -0.0000000480. The molecule has 0 aliphatic heterocycles. The van der Waals surface area contributed by atoms with Crippen molar-refractivity contribution in [1.29, 1.82) is 0 Å². The Morgan fingerprint density at radius 3 is 0.800 bits per heavy atom. The first kappa shape index (κ1) is 20.6. The van der Waals surface area contributed by atoms with Crippen molar-refractivity contribution in [3.8, 4) is 0 Å². The van der Waals surface area contributed by atoms with Gasteiger partial charge in [0.2, 0.25) is 0 Å². The van der Waals surface area contributed by atoms with Crippen molar-refractivity contribution in [1.82, 2.24) is 0 Å². The molecule has 0 saturated carbocycles. The maximum atomic E-state index is 10.0. The van der Waals surface area contributed by atoms with Crippen LogP contribution in [-0.2, 0) is 19.2 Å². The van der Waals surface area contributed by atoms with Crippen LogP contribution >= 0.6 is 0 Å². The second-order valence-electron chi connectivity index (χ2n) is 3.16. The predicted octanol–water partition coefficient (Wildman–Crippen LogP) is 0.953. The molecule has 0 aromatic carbocycles. The van der Waals surface area contributed by atoms with Crippen LogP contribution in [0.2, 0.25) is 0 Å². The molecule has 0 aliphatic carbocycles. The quantitative estimate of drug-likeness (QED) is 0.565. The van der Waals surface area contributed by atoms with Gasteiger partial charge in [-0.3, -0.25) is 19.2 Å². The van der Waals surface area contributed by atoms with Gasteiger partial charge in [-0.2, -0.15) is 0 Å². The summed E-state index contributed by atoms with van der Waals surface area (Å²) in [6.07, 6.45) is 0.167. The normalized spacial score (nSPS) is 7.73. The SMILES string of the molecule is CC(=O)CC(C)=O.CC(=O)CC(C)=O.[Ba+2].[H-].[H-]. The molecule has 0 fully saturated rings. The van der Waals surface area contributed by atoms with Gasteiger partial charge in [0.05, 0.1) is 12.8 Å². The standard InChI is InChI=1S/2C5H8O2.Ba.2H/c2*1-4(6)3-5(2)7;;;/h2*3H2,1-2H3;;;/q;;+2;2*-1. The van der Waals surface area contributed by atoms with Gasteiger partial charge in [0.25, 0.3) is 0 Å². The molecule has 0 N–H and O–H groups in total. The molecule has 0 radical (unpaired) electrons. The van der Waals surface area contributed by atoms with E-state index >= 15 is 0 Å². The summed E-state index contributed by atoms with van der Waals surface area (Å²) in [4.78, 5) is 40.1. The molecule has 0 aromatic rings. The molecule has 0 rings (SSSR count). The molecule has 0 atom stereocenters. The van der Waals surface area contributed by atoms with E-state index in [1.165, 1.54) is 27.7 Å². The number of ketones is 4. The number of carbonyl (C=O) groups is 4. The number of Topliss-reactive ketones (excluding diaryl/α,β-unsaturated/α-hetero) is 4. The number of hydrogen-bond acceptors (Lipinski definition) is 4. The summed E-state index contributed by atoms with van der Waals surface area (Å²) in [5.41, 5.74) is 0. The third-order valence-corrected chi connectivity index (χ3v) is 0.996. The van der Waals surface area contributed by atoms with Gasteiger partial charge in [0, 0.05) is 0 Å². The van der Waals surface area contributed by atoms with E-state index < -0.39 is 0 Å². The van der Waals surface area contributed by atoms with Gasteiger partial charge in [-0.1, -0.05) is 0 Å². The Kier molecular flexibility index (Phi) is 17.0. The van der Waals surface area contributed by atoms with Crippen molar-refractivity contribution in [2.75, 3.05) is 0 Å². The van der Waals surface area contributed by atoms with E-state index in [1.807, 2.05) is 0 Å². The molecule has 4 nitrogen and oxygen atoms in total. The van der Waals surface area contributed by atoms with Crippen LogP contribution in [0.25, 0.3) is 0 Å². The minimum absolute atomic E-state index is 0. The van der Waals surface area contributed by atoms with Crippen molar-refractivity contribution in [3.05, 3.63) is 0 Å². The number of hydrogen-bond donors (Lipinski definition) is 0. The maximum Gasteiger partial charge on any atom is 2.00 e. The van der Waals surface area contributed by atoms with Gasteiger partial charge in [-0.15, -0.1) is 0 Å². The van der Waals surface area contributed by atoms with E-state index in [4.69, 9.17) is 0 Å². The largest absolute Gasteiger partial charge is 2.00 e. The molecule has 0 saturated heterocycles. The van der Waals surface area contributed by atoms with Gasteiger partial charge < -0.3 is 2.85 Å². The molecule has 84 valence electrons. The van der Waals surface area contributed by atoms with Crippen LogP contribution in [0.5, 0.6) is 0 Å². The zero-order valence-electron chi connectivity index (χ0n) is 11.8. The minimum Gasteiger partial charge on any atom is -1.00 e. The van der Waals surface area contributed by atoms with Crippen LogP contribution in [-0.4, -0.2) is 72.0 Å². The third-order valence-electron chi connectivity index (χ3n) is 0.996. The van der Waals surface area contributed by atoms with Gasteiger partial charge in [0.1, 0.15) is 23.1 Å². The third kappa shape index (κ3) is 31.4. The fourth-order valence-electron chi connectivity index (χ4n) is 0.701. The van der Waals surface area contributed by atoms with Gasteiger partial charge in [0.15, 0.2) is 0 Å². The predicted molar refractivity (Wildman–Crippen MR) is 59.9 cm³/mol. The van der Waals surface area contributed by atoms with Crippen molar-refractivity contribution in [2.45, 2.75) is 40.5 Å². The van der Waals surface area contributed by atoms with Crippen LogP contribution in [0.1, 0.15) is 43.4 Å². The molecular weight excluding hydrogens is 321 g/mol. The number of rotatable bonds is 4. The molecule has 0 aliphatic rings. The monoisotopic (exact) mass is 340 g/mol. The fourth-order valence-corrected chi connectivity index (χ4v) is 0.701. The molecule has 5 heteroatoms. The molecule has 15 heavy (non-hydrogen) atoms. The van der Waals surface area contributed by atoms with Gasteiger partial charge in [-0.25, -0.2) is 0 Å². The summed E-state index contributed by atoms with van der Waals surface area (Å²) < 4.78 is 0. The molecule has 0 heterocycles. The smallest absolute Gasteiger partial charge is 1.00 e. The van der Waals surface area contributed by atoms with E-state index in [2.05, 4.69) is 0 Å². The first-order valence-corrected chi connectivity index (χ1v) is 4.23. The Bertz CT molecular complexity index is 205. The van der Waals surface area contributed by atoms with Gasteiger partial charge >= 0.3 is 48.9 Å². The average Bonchev–Trinajstić information content (AvgIpc) is 1.79. The van der Waals surface area contributed by atoms with Crippen molar-refractivity contribution < 1.29 is 22.0 Å². The first-order valence-electron chi connectivity index (χ1n) is 4.23. The Morgan fingerprint density at radius 2 is 0.800 bits per heavy atom. The molecule has 0 bridgehead atoms. The number of carbonyl (C=O) groups excluding carboxylic acids is 4. The molecule has 0 aromatic heterocycles. The minimum atomic E-state index is -0.0625. The van der Waals surface area contributed by atoms with E-state index in [-0.39, 0.29) is 87.7 Å². The van der Waals surface area contributed by atoms with Gasteiger partial charge in [-0.05, 0) is 27.7 Å². The summed E-state index contributed by atoms with van der Waals surface area (Å²) in [6, 6.07) is 0. The second-order valence-corrected chi connectivity index (χ2v) is 3.16. The molecular formula is C10H18BaO4. The van der Waals surface area contributed by atoms with Crippen LogP contribution in [0.3, 0.4) is 0 Å². The topological polar surface area (TPSA) is 68.3 Å². The molecule has 0 amide bonds. The van der Waals surface area contributed by atoms with Crippen LogP contribution in [0.15, 0.2) is 0 Å². The fraction of sp³-hybridized carbons (Fsp3) is 0.600. The van der Waals surface area contributed by atoms with Crippen LogP contribution < -0.4 is 0 Å². The maximum absolute atomic E-state index is 10.0. The molecule has 0 spiro atoms. The average molecular weight is 340 g/mol. The summed E-state index contributed by atoms with van der Waals surface area (Å²) in [7, 11) is 0. The van der Waals surface area contributed by atoms with Crippen LogP contribution in [0.4, 0.5) is 0 Å². The Morgan fingerprint density at radius 1 is 0.667 bits per heavy atom. The summed E-state index contributed by atoms with van der Waals surface area (Å²) in [5, 5.41) is 0. The van der Waals surface area contributed by atoms with Crippen molar-refractivity contribution in [3.63, 3.8) is 0 Å². The van der Waals surface area contributed by atoms with E-state index in [9.17, 15) is 19.2 Å². The zero-order chi connectivity index (χ0) is 11.7. The second kappa shape index (κ2) is 12.3. The summed E-state index contributed by atoms with van der Waals surface area (Å²) in [5.74, 6) is -0.250.